The summed E-state index contributed by atoms with van der Waals surface area (Å²) in [6.45, 7) is 2.94. The van der Waals surface area contributed by atoms with Crippen LogP contribution in [0.25, 0.3) is 0 Å². The lowest BCUT2D eigenvalue weighted by atomic mass is 9.49. The second-order valence-corrected chi connectivity index (χ2v) is 12.8. The number of carbonyl (C=O) groups is 2. The van der Waals surface area contributed by atoms with E-state index >= 15 is 0 Å². The molecule has 0 aromatic rings. The lowest BCUT2D eigenvalue weighted by Gasteiger charge is -2.60. The first kappa shape index (κ1) is 20.3. The van der Waals surface area contributed by atoms with Crippen LogP contribution in [-0.2, 0) is 9.59 Å². The van der Waals surface area contributed by atoms with Crippen LogP contribution in [0, 0.1) is 23.2 Å². The molecule has 5 saturated carbocycles. The van der Waals surface area contributed by atoms with Crippen molar-refractivity contribution in [2.75, 3.05) is 26.2 Å². The van der Waals surface area contributed by atoms with Crippen LogP contribution in [0.2, 0.25) is 0 Å². The first-order valence-corrected chi connectivity index (χ1v) is 13.0. The van der Waals surface area contributed by atoms with Crippen LogP contribution >= 0.6 is 15.9 Å². The van der Waals surface area contributed by atoms with E-state index in [-0.39, 0.29) is 9.74 Å². The normalized spacial score (nSPS) is 39.8. The summed E-state index contributed by atoms with van der Waals surface area (Å²) in [7, 11) is 0. The van der Waals surface area contributed by atoms with Gasteiger partial charge in [0.15, 0.2) is 0 Å². The summed E-state index contributed by atoms with van der Waals surface area (Å²) in [6.07, 6.45) is 15.6. The summed E-state index contributed by atoms with van der Waals surface area (Å²) >= 11 is 4.04. The SMILES string of the molecule is O=C(CCC1CCCCC1)N1CCN(C(=O)C23CC4CC(CC(Br)(C4)C2)C3)CC1. The Labute approximate surface area is 184 Å². The van der Waals surface area contributed by atoms with Gasteiger partial charge in [-0.1, -0.05) is 48.0 Å². The number of piperazine rings is 1. The maximum absolute atomic E-state index is 13.6. The molecule has 0 aromatic carbocycles. The van der Waals surface area contributed by atoms with E-state index in [1.807, 2.05) is 4.90 Å². The molecule has 4 nitrogen and oxygen atoms in total. The van der Waals surface area contributed by atoms with Crippen molar-refractivity contribution < 1.29 is 9.59 Å². The minimum atomic E-state index is -0.110. The highest BCUT2D eigenvalue weighted by Gasteiger charge is 2.60. The molecule has 1 aliphatic heterocycles. The lowest BCUT2D eigenvalue weighted by molar-refractivity contribution is -0.158. The van der Waals surface area contributed by atoms with Gasteiger partial charge in [0.05, 0.1) is 5.41 Å². The highest BCUT2D eigenvalue weighted by Crippen LogP contribution is 2.64. The van der Waals surface area contributed by atoms with Gasteiger partial charge in [0.25, 0.3) is 0 Å². The number of amides is 2. The Balaban J connectivity index is 1.14. The van der Waals surface area contributed by atoms with E-state index in [1.165, 1.54) is 51.4 Å². The van der Waals surface area contributed by atoms with Gasteiger partial charge in [-0.3, -0.25) is 9.59 Å². The Morgan fingerprint density at radius 3 is 2.10 bits per heavy atom. The molecule has 0 aromatic heterocycles. The van der Waals surface area contributed by atoms with E-state index in [0.717, 1.165) is 69.6 Å². The van der Waals surface area contributed by atoms with Gasteiger partial charge in [0.1, 0.15) is 0 Å². The topological polar surface area (TPSA) is 40.6 Å². The summed E-state index contributed by atoms with van der Waals surface area (Å²) < 4.78 is 0.226. The van der Waals surface area contributed by atoms with Gasteiger partial charge in [0.2, 0.25) is 11.8 Å². The van der Waals surface area contributed by atoms with Gasteiger partial charge in [0, 0.05) is 36.9 Å². The molecule has 6 fully saturated rings. The Morgan fingerprint density at radius 1 is 0.862 bits per heavy atom. The maximum atomic E-state index is 13.6. The molecule has 6 rings (SSSR count). The van der Waals surface area contributed by atoms with Crippen molar-refractivity contribution in [2.45, 2.75) is 87.8 Å². The number of rotatable bonds is 4. The van der Waals surface area contributed by atoms with Crippen LogP contribution < -0.4 is 0 Å². The third-order valence-corrected chi connectivity index (χ3v) is 9.78. The van der Waals surface area contributed by atoms with Crippen molar-refractivity contribution in [3.8, 4) is 0 Å². The molecule has 5 aliphatic carbocycles. The fourth-order valence-corrected chi connectivity index (χ4v) is 9.31. The van der Waals surface area contributed by atoms with E-state index in [2.05, 4.69) is 20.8 Å². The molecule has 2 amide bonds. The van der Waals surface area contributed by atoms with Gasteiger partial charge in [-0.2, -0.15) is 0 Å². The van der Waals surface area contributed by atoms with Crippen molar-refractivity contribution in [1.29, 1.82) is 0 Å². The third kappa shape index (κ3) is 4.02. The van der Waals surface area contributed by atoms with E-state index < -0.39 is 0 Å². The van der Waals surface area contributed by atoms with Crippen LogP contribution in [-0.4, -0.2) is 52.1 Å². The Hall–Kier alpha value is -0.580. The Kier molecular flexibility index (Phi) is 5.49. The van der Waals surface area contributed by atoms with Crippen LogP contribution in [0.3, 0.4) is 0 Å². The van der Waals surface area contributed by atoms with Gasteiger partial charge in [-0.15, -0.1) is 0 Å². The standard InChI is InChI=1S/C24H37BrN2O2/c25-24-15-19-12-20(16-24)14-23(13-19,17-24)22(29)27-10-8-26(9-11-27)21(28)7-6-18-4-2-1-3-5-18/h18-20H,1-17H2. The molecule has 0 spiro atoms. The van der Waals surface area contributed by atoms with Crippen molar-refractivity contribution in [2.24, 2.45) is 23.2 Å². The zero-order chi connectivity index (χ0) is 20.1. The quantitative estimate of drug-likeness (QED) is 0.563. The van der Waals surface area contributed by atoms with Crippen LogP contribution in [0.1, 0.15) is 83.5 Å². The zero-order valence-electron chi connectivity index (χ0n) is 17.8. The fraction of sp³-hybridized carbons (Fsp3) is 0.917. The van der Waals surface area contributed by atoms with Gasteiger partial charge in [-0.25, -0.2) is 0 Å². The predicted octanol–water partition coefficient (Wildman–Crippen LogP) is 4.75. The molecule has 162 valence electrons. The molecular formula is C24H37BrN2O2. The smallest absolute Gasteiger partial charge is 0.228 e. The molecule has 2 unspecified atom stereocenters. The minimum absolute atomic E-state index is 0.110. The summed E-state index contributed by atoms with van der Waals surface area (Å²) in [5.41, 5.74) is -0.110. The maximum Gasteiger partial charge on any atom is 0.228 e. The molecule has 0 radical (unpaired) electrons. The first-order valence-electron chi connectivity index (χ1n) is 12.2. The molecule has 6 aliphatic rings. The second kappa shape index (κ2) is 7.84. The summed E-state index contributed by atoms with van der Waals surface area (Å²) in [6, 6.07) is 0. The average Bonchev–Trinajstić information content (AvgIpc) is 2.70. The number of carbonyl (C=O) groups excluding carboxylic acids is 2. The van der Waals surface area contributed by atoms with Crippen LogP contribution in [0.4, 0.5) is 0 Å². The highest BCUT2D eigenvalue weighted by atomic mass is 79.9. The second-order valence-electron chi connectivity index (χ2n) is 11.1. The fourth-order valence-electron chi connectivity index (χ4n) is 7.86. The van der Waals surface area contributed by atoms with Crippen LogP contribution in [0.5, 0.6) is 0 Å². The van der Waals surface area contributed by atoms with Crippen molar-refractivity contribution in [1.82, 2.24) is 9.80 Å². The molecule has 0 N–H and O–H groups in total. The molecule has 2 atom stereocenters. The van der Waals surface area contributed by atoms with E-state index in [0.29, 0.717) is 18.2 Å². The molecule has 5 heteroatoms. The summed E-state index contributed by atoms with van der Waals surface area (Å²) in [5, 5.41) is 0. The number of halogens is 1. The number of hydrogen-bond acceptors (Lipinski definition) is 2. The van der Waals surface area contributed by atoms with Gasteiger partial charge < -0.3 is 9.80 Å². The lowest BCUT2D eigenvalue weighted by Crippen LogP contribution is -2.61. The third-order valence-electron chi connectivity index (χ3n) is 8.85. The van der Waals surface area contributed by atoms with Gasteiger partial charge in [-0.05, 0) is 62.7 Å². The van der Waals surface area contributed by atoms with E-state index in [9.17, 15) is 9.59 Å². The van der Waals surface area contributed by atoms with Crippen molar-refractivity contribution >= 4 is 27.7 Å². The van der Waals surface area contributed by atoms with E-state index in [4.69, 9.17) is 0 Å². The van der Waals surface area contributed by atoms with Gasteiger partial charge >= 0.3 is 0 Å². The molecule has 1 saturated heterocycles. The van der Waals surface area contributed by atoms with Crippen molar-refractivity contribution in [3.05, 3.63) is 0 Å². The number of alkyl halides is 1. The summed E-state index contributed by atoms with van der Waals surface area (Å²) in [4.78, 5) is 30.4. The van der Waals surface area contributed by atoms with Crippen LogP contribution in [0.15, 0.2) is 0 Å². The zero-order valence-corrected chi connectivity index (χ0v) is 19.4. The van der Waals surface area contributed by atoms with Crippen molar-refractivity contribution in [3.63, 3.8) is 0 Å². The van der Waals surface area contributed by atoms with E-state index in [1.54, 1.807) is 0 Å². The number of hydrogen-bond donors (Lipinski definition) is 0. The Morgan fingerprint density at radius 2 is 1.48 bits per heavy atom. The molecule has 4 bridgehead atoms. The largest absolute Gasteiger partial charge is 0.339 e. The molecular weight excluding hydrogens is 428 g/mol. The Bertz CT molecular complexity index is 637. The highest BCUT2D eigenvalue weighted by molar-refractivity contribution is 9.10. The molecule has 1 heterocycles. The predicted molar refractivity (Wildman–Crippen MR) is 118 cm³/mol. The first-order chi connectivity index (χ1) is 13.9. The minimum Gasteiger partial charge on any atom is -0.339 e. The monoisotopic (exact) mass is 464 g/mol. The number of nitrogens with zero attached hydrogens (tertiary/aromatic N) is 2. The molecule has 29 heavy (non-hydrogen) atoms. The average molecular weight is 465 g/mol. The summed E-state index contributed by atoms with van der Waals surface area (Å²) in [5.74, 6) is 2.97.